The van der Waals surface area contributed by atoms with Crippen LogP contribution in [0.25, 0.3) is 0 Å². The summed E-state index contributed by atoms with van der Waals surface area (Å²) in [6.45, 7) is 2.80. The standard InChI is InChI=1S/C13H17N3O4/c1-13(6-2-3-7-13)9-14-11-5-4-10(15(17)18)8-12(11)16(19)20/h4-5,8,14H,2-3,6-7,9H2,1H3. The maximum absolute atomic E-state index is 11.0. The summed E-state index contributed by atoms with van der Waals surface area (Å²) in [6, 6.07) is 3.69. The van der Waals surface area contributed by atoms with Crippen LogP contribution in [0.1, 0.15) is 32.6 Å². The van der Waals surface area contributed by atoms with E-state index >= 15 is 0 Å². The van der Waals surface area contributed by atoms with Gasteiger partial charge < -0.3 is 5.32 Å². The molecular weight excluding hydrogens is 262 g/mol. The molecule has 1 aliphatic rings. The van der Waals surface area contributed by atoms with E-state index in [0.717, 1.165) is 18.9 Å². The number of rotatable bonds is 5. The number of nitro groups is 2. The smallest absolute Gasteiger partial charge is 0.299 e. The van der Waals surface area contributed by atoms with Gasteiger partial charge in [-0.1, -0.05) is 19.8 Å². The summed E-state index contributed by atoms with van der Waals surface area (Å²) in [7, 11) is 0. The quantitative estimate of drug-likeness (QED) is 0.657. The Morgan fingerprint density at radius 3 is 2.40 bits per heavy atom. The van der Waals surface area contributed by atoms with E-state index in [1.54, 1.807) is 0 Å². The van der Waals surface area contributed by atoms with Gasteiger partial charge in [-0.2, -0.15) is 0 Å². The fraction of sp³-hybridized carbons (Fsp3) is 0.538. The summed E-state index contributed by atoms with van der Waals surface area (Å²) in [6.07, 6.45) is 4.56. The highest BCUT2D eigenvalue weighted by molar-refractivity contribution is 5.65. The van der Waals surface area contributed by atoms with Gasteiger partial charge >= 0.3 is 0 Å². The zero-order chi connectivity index (χ0) is 14.8. The van der Waals surface area contributed by atoms with Crippen LogP contribution in [0.2, 0.25) is 0 Å². The van der Waals surface area contributed by atoms with Gasteiger partial charge in [0, 0.05) is 12.6 Å². The van der Waals surface area contributed by atoms with Gasteiger partial charge in [-0.05, 0) is 24.3 Å². The Bertz CT molecular complexity index is 538. The molecule has 0 aliphatic heterocycles. The summed E-state index contributed by atoms with van der Waals surface area (Å²) in [5, 5.41) is 24.8. The van der Waals surface area contributed by atoms with Crippen LogP contribution in [0.5, 0.6) is 0 Å². The van der Waals surface area contributed by atoms with Crippen molar-refractivity contribution >= 4 is 17.1 Å². The molecule has 0 bridgehead atoms. The summed E-state index contributed by atoms with van der Waals surface area (Å²) >= 11 is 0. The number of hydrogen-bond donors (Lipinski definition) is 1. The van der Waals surface area contributed by atoms with Crippen molar-refractivity contribution in [3.63, 3.8) is 0 Å². The van der Waals surface area contributed by atoms with Gasteiger partial charge in [-0.25, -0.2) is 0 Å². The molecule has 0 heterocycles. The lowest BCUT2D eigenvalue weighted by Crippen LogP contribution is -2.23. The van der Waals surface area contributed by atoms with E-state index in [0.29, 0.717) is 12.2 Å². The van der Waals surface area contributed by atoms with Gasteiger partial charge in [-0.15, -0.1) is 0 Å². The topological polar surface area (TPSA) is 98.3 Å². The van der Waals surface area contributed by atoms with Crippen LogP contribution in [0.4, 0.5) is 17.1 Å². The molecule has 20 heavy (non-hydrogen) atoms. The van der Waals surface area contributed by atoms with E-state index in [1.165, 1.54) is 25.0 Å². The normalized spacial score (nSPS) is 16.9. The summed E-state index contributed by atoms with van der Waals surface area (Å²) in [5.74, 6) is 0. The van der Waals surface area contributed by atoms with Crippen molar-refractivity contribution in [2.45, 2.75) is 32.6 Å². The minimum absolute atomic E-state index is 0.148. The van der Waals surface area contributed by atoms with Crippen molar-refractivity contribution in [2.75, 3.05) is 11.9 Å². The molecule has 0 radical (unpaired) electrons. The second-order valence-corrected chi connectivity index (χ2v) is 5.59. The number of nitrogens with zero attached hydrogens (tertiary/aromatic N) is 2. The van der Waals surface area contributed by atoms with Crippen molar-refractivity contribution in [1.82, 2.24) is 0 Å². The van der Waals surface area contributed by atoms with Crippen LogP contribution in [0, 0.1) is 25.6 Å². The molecule has 1 saturated carbocycles. The van der Waals surface area contributed by atoms with Gasteiger partial charge in [-0.3, -0.25) is 20.2 Å². The van der Waals surface area contributed by atoms with E-state index in [9.17, 15) is 20.2 Å². The Hall–Kier alpha value is -2.18. The molecule has 0 amide bonds. The average molecular weight is 279 g/mol. The van der Waals surface area contributed by atoms with Crippen LogP contribution < -0.4 is 5.32 Å². The van der Waals surface area contributed by atoms with Crippen molar-refractivity contribution in [1.29, 1.82) is 0 Å². The van der Waals surface area contributed by atoms with E-state index in [4.69, 9.17) is 0 Å². The molecule has 0 saturated heterocycles. The summed E-state index contributed by atoms with van der Waals surface area (Å²) in [5.41, 5.74) is -0.0285. The number of nitrogens with one attached hydrogen (secondary N) is 1. The molecule has 7 nitrogen and oxygen atoms in total. The summed E-state index contributed by atoms with van der Waals surface area (Å²) in [4.78, 5) is 20.5. The Labute approximate surface area is 116 Å². The molecule has 0 spiro atoms. The van der Waals surface area contributed by atoms with Crippen molar-refractivity contribution in [2.24, 2.45) is 5.41 Å². The van der Waals surface area contributed by atoms with Crippen molar-refractivity contribution < 1.29 is 9.85 Å². The molecule has 0 atom stereocenters. The highest BCUT2D eigenvalue weighted by atomic mass is 16.6. The molecule has 7 heteroatoms. The highest BCUT2D eigenvalue weighted by Gasteiger charge is 2.29. The van der Waals surface area contributed by atoms with Gasteiger partial charge in [0.05, 0.1) is 15.9 Å². The van der Waals surface area contributed by atoms with E-state index in [2.05, 4.69) is 12.2 Å². The molecule has 1 fully saturated rings. The lowest BCUT2D eigenvalue weighted by molar-refractivity contribution is -0.393. The van der Waals surface area contributed by atoms with Crippen LogP contribution in [-0.4, -0.2) is 16.4 Å². The van der Waals surface area contributed by atoms with Crippen LogP contribution in [0.3, 0.4) is 0 Å². The Morgan fingerprint density at radius 2 is 1.85 bits per heavy atom. The van der Waals surface area contributed by atoms with Crippen LogP contribution >= 0.6 is 0 Å². The largest absolute Gasteiger partial charge is 0.379 e. The van der Waals surface area contributed by atoms with Gasteiger partial charge in [0.25, 0.3) is 11.4 Å². The average Bonchev–Trinajstić information content (AvgIpc) is 2.83. The third kappa shape index (κ3) is 3.04. The molecule has 0 aromatic heterocycles. The second kappa shape index (κ2) is 5.44. The molecule has 2 rings (SSSR count). The minimum Gasteiger partial charge on any atom is -0.379 e. The van der Waals surface area contributed by atoms with Crippen LogP contribution in [-0.2, 0) is 0 Å². The van der Waals surface area contributed by atoms with E-state index in [-0.39, 0.29) is 16.8 Å². The number of non-ortho nitro benzene ring substituents is 1. The molecule has 1 N–H and O–H groups in total. The fourth-order valence-corrected chi connectivity index (χ4v) is 2.65. The Kier molecular flexibility index (Phi) is 3.87. The van der Waals surface area contributed by atoms with E-state index < -0.39 is 9.85 Å². The molecular formula is C13H17N3O4. The van der Waals surface area contributed by atoms with Gasteiger partial charge in [0.1, 0.15) is 5.69 Å². The first-order valence-electron chi connectivity index (χ1n) is 6.58. The first-order valence-corrected chi connectivity index (χ1v) is 6.58. The SMILES string of the molecule is CC1(CNc2ccc([N+](=O)[O-])cc2[N+](=O)[O-])CCCC1. The molecule has 1 aromatic carbocycles. The number of anilines is 1. The maximum atomic E-state index is 11.0. The Balaban J connectivity index is 2.18. The molecule has 108 valence electrons. The predicted molar refractivity (Wildman–Crippen MR) is 74.8 cm³/mol. The fourth-order valence-electron chi connectivity index (χ4n) is 2.65. The van der Waals surface area contributed by atoms with Gasteiger partial charge in [0.15, 0.2) is 0 Å². The van der Waals surface area contributed by atoms with E-state index in [1.807, 2.05) is 0 Å². The lowest BCUT2D eigenvalue weighted by atomic mass is 9.89. The minimum atomic E-state index is -0.630. The molecule has 0 unspecified atom stereocenters. The monoisotopic (exact) mass is 279 g/mol. The lowest BCUT2D eigenvalue weighted by Gasteiger charge is -2.24. The maximum Gasteiger partial charge on any atom is 0.299 e. The zero-order valence-electron chi connectivity index (χ0n) is 11.3. The first kappa shape index (κ1) is 14.2. The first-order chi connectivity index (χ1) is 9.41. The Morgan fingerprint density at radius 1 is 1.20 bits per heavy atom. The zero-order valence-corrected chi connectivity index (χ0v) is 11.3. The summed E-state index contributed by atoms with van der Waals surface area (Å²) < 4.78 is 0. The molecule has 1 aliphatic carbocycles. The number of benzene rings is 1. The third-order valence-electron chi connectivity index (χ3n) is 3.91. The van der Waals surface area contributed by atoms with Crippen molar-refractivity contribution in [3.8, 4) is 0 Å². The van der Waals surface area contributed by atoms with Crippen LogP contribution in [0.15, 0.2) is 18.2 Å². The third-order valence-corrected chi connectivity index (χ3v) is 3.91. The van der Waals surface area contributed by atoms with Crippen molar-refractivity contribution in [3.05, 3.63) is 38.4 Å². The second-order valence-electron chi connectivity index (χ2n) is 5.59. The molecule has 1 aromatic rings. The highest BCUT2D eigenvalue weighted by Crippen LogP contribution is 2.38. The number of hydrogen-bond acceptors (Lipinski definition) is 5. The van der Waals surface area contributed by atoms with Gasteiger partial charge in [0.2, 0.25) is 0 Å². The predicted octanol–water partition coefficient (Wildman–Crippen LogP) is 3.50. The number of nitro benzene ring substituents is 2.